The van der Waals surface area contributed by atoms with E-state index in [1.165, 1.54) is 0 Å². The van der Waals surface area contributed by atoms with Crippen molar-refractivity contribution in [3.8, 4) is 0 Å². The fraction of sp³-hybridized carbons (Fsp3) is 0.455. The summed E-state index contributed by atoms with van der Waals surface area (Å²) in [6, 6.07) is 3.64. The number of ketones is 1. The second-order valence-corrected chi connectivity index (χ2v) is 3.81. The number of hydrogen-bond donors (Lipinski definition) is 1. The van der Waals surface area contributed by atoms with Gasteiger partial charge in [0.05, 0.1) is 0 Å². The van der Waals surface area contributed by atoms with Gasteiger partial charge in [-0.15, -0.1) is 0 Å². The van der Waals surface area contributed by atoms with E-state index in [0.29, 0.717) is 5.92 Å². The normalized spacial score (nSPS) is 18.6. The molecule has 3 nitrogen and oxygen atoms in total. The highest BCUT2D eigenvalue weighted by Crippen LogP contribution is 2.19. The van der Waals surface area contributed by atoms with Gasteiger partial charge >= 0.3 is 0 Å². The summed E-state index contributed by atoms with van der Waals surface area (Å²) in [5.74, 6) is 0.827. The number of Topliss-reactive ketones (excluding diaryl/α,β-unsaturated/α-hetero) is 1. The summed E-state index contributed by atoms with van der Waals surface area (Å²) in [5.41, 5.74) is 0.729. The Morgan fingerprint density at radius 2 is 2.43 bits per heavy atom. The van der Waals surface area contributed by atoms with E-state index >= 15 is 0 Å². The van der Waals surface area contributed by atoms with Crippen molar-refractivity contribution in [2.24, 2.45) is 11.8 Å². The lowest BCUT2D eigenvalue weighted by molar-refractivity contribution is 0.0853. The summed E-state index contributed by atoms with van der Waals surface area (Å²) in [4.78, 5) is 15.9. The second-order valence-electron chi connectivity index (χ2n) is 3.81. The van der Waals surface area contributed by atoms with Crippen molar-refractivity contribution in [2.75, 3.05) is 13.1 Å². The van der Waals surface area contributed by atoms with Crippen molar-refractivity contribution < 1.29 is 4.79 Å². The maximum atomic E-state index is 11.9. The average molecular weight is 190 g/mol. The second kappa shape index (κ2) is 3.88. The first kappa shape index (κ1) is 9.34. The number of nitrogens with zero attached hydrogens (tertiary/aromatic N) is 1. The lowest BCUT2D eigenvalue weighted by Crippen LogP contribution is -2.47. The Balaban J connectivity index is 2.07. The van der Waals surface area contributed by atoms with Crippen LogP contribution in [0.5, 0.6) is 0 Å². The van der Waals surface area contributed by atoms with Crippen LogP contribution in [0.25, 0.3) is 0 Å². The number of rotatable bonds is 3. The minimum atomic E-state index is 0.112. The zero-order valence-electron chi connectivity index (χ0n) is 8.23. The third-order valence-corrected chi connectivity index (χ3v) is 2.88. The fourth-order valence-corrected chi connectivity index (χ4v) is 1.65. The predicted octanol–water partition coefficient (Wildman–Crippen LogP) is 1.12. The molecule has 0 amide bonds. The molecule has 1 saturated heterocycles. The van der Waals surface area contributed by atoms with Crippen LogP contribution in [0.3, 0.4) is 0 Å². The first-order chi connectivity index (χ1) is 6.79. The van der Waals surface area contributed by atoms with Gasteiger partial charge in [0, 0.05) is 23.9 Å². The molecular formula is C11H14N2O. The summed E-state index contributed by atoms with van der Waals surface area (Å²) in [6.45, 7) is 3.93. The van der Waals surface area contributed by atoms with Crippen molar-refractivity contribution >= 4 is 5.78 Å². The van der Waals surface area contributed by atoms with Gasteiger partial charge in [-0.25, -0.2) is 0 Å². The van der Waals surface area contributed by atoms with Crippen molar-refractivity contribution in [3.05, 3.63) is 30.1 Å². The Hall–Kier alpha value is -1.22. The molecule has 1 aliphatic rings. The van der Waals surface area contributed by atoms with Crippen LogP contribution in [0, 0.1) is 11.8 Å². The van der Waals surface area contributed by atoms with Gasteiger partial charge in [-0.3, -0.25) is 9.78 Å². The fourth-order valence-electron chi connectivity index (χ4n) is 1.65. The minimum Gasteiger partial charge on any atom is -0.316 e. The van der Waals surface area contributed by atoms with E-state index in [-0.39, 0.29) is 11.7 Å². The molecule has 1 fully saturated rings. The van der Waals surface area contributed by atoms with E-state index < -0.39 is 0 Å². The van der Waals surface area contributed by atoms with Crippen LogP contribution in [-0.2, 0) is 0 Å². The molecule has 0 spiro atoms. The smallest absolute Gasteiger partial charge is 0.167 e. The highest BCUT2D eigenvalue weighted by atomic mass is 16.1. The molecule has 0 radical (unpaired) electrons. The van der Waals surface area contributed by atoms with E-state index in [1.807, 2.05) is 13.0 Å². The van der Waals surface area contributed by atoms with Gasteiger partial charge in [0.15, 0.2) is 5.78 Å². The Labute approximate surface area is 83.5 Å². The molecule has 3 heteroatoms. The monoisotopic (exact) mass is 190 g/mol. The highest BCUT2D eigenvalue weighted by molar-refractivity contribution is 5.97. The first-order valence-corrected chi connectivity index (χ1v) is 4.94. The topological polar surface area (TPSA) is 42.0 Å². The molecule has 1 aromatic rings. The number of carbonyl (C=O) groups is 1. The van der Waals surface area contributed by atoms with Gasteiger partial charge in [-0.1, -0.05) is 6.92 Å². The van der Waals surface area contributed by atoms with Crippen LogP contribution < -0.4 is 5.32 Å². The van der Waals surface area contributed by atoms with Crippen LogP contribution in [0.4, 0.5) is 0 Å². The summed E-state index contributed by atoms with van der Waals surface area (Å²) in [5, 5.41) is 3.18. The third-order valence-electron chi connectivity index (χ3n) is 2.88. The van der Waals surface area contributed by atoms with Gasteiger partial charge in [-0.2, -0.15) is 0 Å². The quantitative estimate of drug-likeness (QED) is 0.726. The summed E-state index contributed by atoms with van der Waals surface area (Å²) >= 11 is 0. The molecule has 0 bridgehead atoms. The van der Waals surface area contributed by atoms with Crippen molar-refractivity contribution in [1.82, 2.24) is 10.3 Å². The number of pyridine rings is 1. The van der Waals surface area contributed by atoms with E-state index in [2.05, 4.69) is 10.3 Å². The van der Waals surface area contributed by atoms with E-state index in [1.54, 1.807) is 18.5 Å². The molecule has 1 unspecified atom stereocenters. The zero-order valence-corrected chi connectivity index (χ0v) is 8.23. The van der Waals surface area contributed by atoms with Crippen LogP contribution in [-0.4, -0.2) is 23.9 Å². The lowest BCUT2D eigenvalue weighted by Gasteiger charge is -2.31. The standard InChI is InChI=1S/C11H14N2O/c1-8(10-6-13-7-10)11(14)9-3-2-4-12-5-9/h2-5,8,10,13H,6-7H2,1H3. The Morgan fingerprint density at radius 3 is 2.93 bits per heavy atom. The first-order valence-electron chi connectivity index (χ1n) is 4.94. The molecule has 1 atom stereocenters. The maximum absolute atomic E-state index is 11.9. The molecule has 1 aromatic heterocycles. The molecule has 0 saturated carbocycles. The summed E-state index contributed by atoms with van der Waals surface area (Å²) in [6.07, 6.45) is 3.33. The Kier molecular flexibility index (Phi) is 2.59. The van der Waals surface area contributed by atoms with Gasteiger partial charge in [-0.05, 0) is 31.1 Å². The molecule has 1 N–H and O–H groups in total. The Bertz CT molecular complexity index is 319. The molecular weight excluding hydrogens is 176 g/mol. The summed E-state index contributed by atoms with van der Waals surface area (Å²) in [7, 11) is 0. The maximum Gasteiger partial charge on any atom is 0.167 e. The zero-order chi connectivity index (χ0) is 9.97. The lowest BCUT2D eigenvalue weighted by atomic mass is 9.84. The third kappa shape index (κ3) is 1.68. The molecule has 0 aromatic carbocycles. The molecule has 0 aliphatic carbocycles. The van der Waals surface area contributed by atoms with E-state index in [4.69, 9.17) is 0 Å². The van der Waals surface area contributed by atoms with E-state index in [0.717, 1.165) is 18.7 Å². The van der Waals surface area contributed by atoms with Crippen LogP contribution in [0.1, 0.15) is 17.3 Å². The highest BCUT2D eigenvalue weighted by Gasteiger charge is 2.29. The number of hydrogen-bond acceptors (Lipinski definition) is 3. The predicted molar refractivity (Wildman–Crippen MR) is 54.1 cm³/mol. The average Bonchev–Trinajstić information content (AvgIpc) is 2.15. The van der Waals surface area contributed by atoms with Gasteiger partial charge in [0.1, 0.15) is 0 Å². The van der Waals surface area contributed by atoms with Gasteiger partial charge in [0.25, 0.3) is 0 Å². The molecule has 74 valence electrons. The SMILES string of the molecule is CC(C(=O)c1cccnc1)C1CNC1. The van der Waals surface area contributed by atoms with Crippen LogP contribution >= 0.6 is 0 Å². The van der Waals surface area contributed by atoms with Crippen molar-refractivity contribution in [2.45, 2.75) is 6.92 Å². The van der Waals surface area contributed by atoms with Crippen LogP contribution in [0.2, 0.25) is 0 Å². The van der Waals surface area contributed by atoms with Crippen molar-refractivity contribution in [3.63, 3.8) is 0 Å². The van der Waals surface area contributed by atoms with Gasteiger partial charge < -0.3 is 5.32 Å². The largest absolute Gasteiger partial charge is 0.316 e. The Morgan fingerprint density at radius 1 is 1.64 bits per heavy atom. The molecule has 1 aliphatic heterocycles. The number of carbonyl (C=O) groups excluding carboxylic acids is 1. The minimum absolute atomic E-state index is 0.112. The molecule has 2 rings (SSSR count). The molecule has 14 heavy (non-hydrogen) atoms. The van der Waals surface area contributed by atoms with E-state index in [9.17, 15) is 4.79 Å². The van der Waals surface area contributed by atoms with Crippen LogP contribution in [0.15, 0.2) is 24.5 Å². The van der Waals surface area contributed by atoms with Crippen molar-refractivity contribution in [1.29, 1.82) is 0 Å². The molecule has 2 heterocycles. The summed E-state index contributed by atoms with van der Waals surface area (Å²) < 4.78 is 0. The number of nitrogens with one attached hydrogen (secondary N) is 1. The number of aromatic nitrogens is 1. The van der Waals surface area contributed by atoms with Gasteiger partial charge in [0.2, 0.25) is 0 Å².